The van der Waals surface area contributed by atoms with Crippen molar-refractivity contribution in [2.24, 2.45) is 0 Å². The largest absolute Gasteiger partial charge is 0.342 e. The van der Waals surface area contributed by atoms with Gasteiger partial charge < -0.3 is 9.80 Å². The highest BCUT2D eigenvalue weighted by Crippen LogP contribution is 2.12. The first-order valence-corrected chi connectivity index (χ1v) is 8.20. The van der Waals surface area contributed by atoms with Crippen molar-refractivity contribution in [2.45, 2.75) is 32.2 Å². The molecular formula is C13H27N2O4S+. The van der Waals surface area contributed by atoms with Crippen LogP contribution < -0.4 is 5.32 Å². The van der Waals surface area contributed by atoms with E-state index in [0.717, 1.165) is 6.54 Å². The molecule has 0 aromatic heterocycles. The highest BCUT2D eigenvalue weighted by Gasteiger charge is 2.29. The van der Waals surface area contributed by atoms with Gasteiger partial charge in [0, 0.05) is 0 Å². The third kappa shape index (κ3) is 9.94. The predicted octanol–water partition coefficient (Wildman–Crippen LogP) is 0.812. The Labute approximate surface area is 122 Å². The Bertz CT molecular complexity index is 441. The van der Waals surface area contributed by atoms with Crippen molar-refractivity contribution in [1.82, 2.24) is 5.32 Å². The number of hydrogen-bond donors (Lipinski definition) is 2. The lowest BCUT2D eigenvalue weighted by molar-refractivity contribution is -0.893. The highest BCUT2D eigenvalue weighted by atomic mass is 32.2. The molecule has 0 atom stereocenters. The molecule has 1 amide bonds. The van der Waals surface area contributed by atoms with E-state index in [1.807, 2.05) is 27.9 Å². The Hall–Kier alpha value is -0.920. The normalized spacial score (nSPS) is 13.1. The third-order valence-electron chi connectivity index (χ3n) is 2.89. The molecule has 0 unspecified atom stereocenters. The molecule has 0 radical (unpaired) electrons. The average molecular weight is 307 g/mol. The summed E-state index contributed by atoms with van der Waals surface area (Å²) in [5.41, 5.74) is -0.377. The summed E-state index contributed by atoms with van der Waals surface area (Å²) in [5, 5.41) is 2.87. The van der Waals surface area contributed by atoms with Crippen LogP contribution in [0.2, 0.25) is 0 Å². The van der Waals surface area contributed by atoms with Crippen LogP contribution in [0.15, 0.2) is 12.7 Å². The SMILES string of the molecule is C=CC(=O)NC(C)(C)C[N+](C)(C)CCCCS(=O)(=O)O. The van der Waals surface area contributed by atoms with Crippen molar-refractivity contribution in [3.63, 3.8) is 0 Å². The lowest BCUT2D eigenvalue weighted by atomic mass is 10.0. The Balaban J connectivity index is 4.29. The van der Waals surface area contributed by atoms with Gasteiger partial charge in [0.25, 0.3) is 10.1 Å². The van der Waals surface area contributed by atoms with Crippen molar-refractivity contribution in [3.05, 3.63) is 12.7 Å². The molecule has 0 aromatic rings. The lowest BCUT2D eigenvalue weighted by Crippen LogP contribution is -2.57. The standard InChI is InChI=1S/C13H26N2O4S/c1-6-12(16)14-13(2,3)11-15(4,5)9-7-8-10-20(17,18)19/h6H,1,7-11H2,2-5H3,(H-,14,16,17,18,19)/p+1. The summed E-state index contributed by atoms with van der Waals surface area (Å²) in [7, 11) is 0.175. The minimum atomic E-state index is -3.87. The number of quaternary nitrogens is 1. The van der Waals surface area contributed by atoms with Crippen molar-refractivity contribution < 1.29 is 22.2 Å². The number of carbonyl (C=O) groups excluding carboxylic acids is 1. The molecule has 0 aromatic carbocycles. The molecule has 0 aliphatic heterocycles. The van der Waals surface area contributed by atoms with Gasteiger partial charge in [-0.1, -0.05) is 6.58 Å². The Morgan fingerprint density at radius 1 is 1.35 bits per heavy atom. The minimum Gasteiger partial charge on any atom is -0.342 e. The molecule has 0 saturated carbocycles. The van der Waals surface area contributed by atoms with Gasteiger partial charge in [0.2, 0.25) is 5.91 Å². The van der Waals surface area contributed by atoms with E-state index >= 15 is 0 Å². The lowest BCUT2D eigenvalue weighted by Gasteiger charge is -2.37. The van der Waals surface area contributed by atoms with E-state index in [1.54, 1.807) is 0 Å². The van der Waals surface area contributed by atoms with Crippen LogP contribution in [-0.2, 0) is 14.9 Å². The summed E-state index contributed by atoms with van der Waals surface area (Å²) in [6, 6.07) is 0. The molecule has 7 heteroatoms. The van der Waals surface area contributed by atoms with E-state index in [0.29, 0.717) is 23.9 Å². The van der Waals surface area contributed by atoms with Crippen LogP contribution in [0.5, 0.6) is 0 Å². The predicted molar refractivity (Wildman–Crippen MR) is 79.9 cm³/mol. The van der Waals surface area contributed by atoms with Gasteiger partial charge >= 0.3 is 0 Å². The minimum absolute atomic E-state index is 0.205. The van der Waals surface area contributed by atoms with Crippen LogP contribution in [0.25, 0.3) is 0 Å². The molecule has 0 fully saturated rings. The van der Waals surface area contributed by atoms with E-state index in [2.05, 4.69) is 11.9 Å². The fourth-order valence-electron chi connectivity index (χ4n) is 2.40. The fraction of sp³-hybridized carbons (Fsp3) is 0.769. The molecule has 20 heavy (non-hydrogen) atoms. The molecule has 0 aliphatic rings. The Kier molecular flexibility index (Phi) is 6.86. The number of unbranched alkanes of at least 4 members (excludes halogenated alkanes) is 1. The van der Waals surface area contributed by atoms with Crippen molar-refractivity contribution in [2.75, 3.05) is 32.9 Å². The summed E-state index contributed by atoms with van der Waals surface area (Å²) in [6.45, 7) is 8.77. The second-order valence-electron chi connectivity index (χ2n) is 6.39. The van der Waals surface area contributed by atoms with Gasteiger partial charge in [0.05, 0.1) is 31.9 Å². The summed E-state index contributed by atoms with van der Waals surface area (Å²) in [5.74, 6) is -0.412. The van der Waals surface area contributed by atoms with Crippen LogP contribution >= 0.6 is 0 Å². The van der Waals surface area contributed by atoms with Crippen molar-refractivity contribution in [3.8, 4) is 0 Å². The monoisotopic (exact) mass is 307 g/mol. The fourth-order valence-corrected chi connectivity index (χ4v) is 2.97. The Morgan fingerprint density at radius 2 is 1.90 bits per heavy atom. The number of rotatable bonds is 9. The zero-order valence-electron chi connectivity index (χ0n) is 12.8. The zero-order chi connectivity index (χ0) is 16.0. The summed E-state index contributed by atoms with van der Waals surface area (Å²) >= 11 is 0. The van der Waals surface area contributed by atoms with Crippen LogP contribution in [0.4, 0.5) is 0 Å². The van der Waals surface area contributed by atoms with Gasteiger partial charge in [-0.3, -0.25) is 9.35 Å². The van der Waals surface area contributed by atoms with Crippen LogP contribution in [-0.4, -0.2) is 61.8 Å². The number of nitrogens with one attached hydrogen (secondary N) is 1. The first-order chi connectivity index (χ1) is 8.87. The maximum Gasteiger partial charge on any atom is 0.264 e. The maximum absolute atomic E-state index is 11.4. The molecule has 6 nitrogen and oxygen atoms in total. The van der Waals surface area contributed by atoms with Gasteiger partial charge in [-0.05, 0) is 32.8 Å². The summed E-state index contributed by atoms with van der Waals surface area (Å²) in [6.07, 6.45) is 2.37. The first kappa shape index (κ1) is 19.1. The van der Waals surface area contributed by atoms with Gasteiger partial charge in [0.15, 0.2) is 0 Å². The van der Waals surface area contributed by atoms with Crippen molar-refractivity contribution >= 4 is 16.0 Å². The number of carbonyl (C=O) groups is 1. The van der Waals surface area contributed by atoms with E-state index in [4.69, 9.17) is 4.55 Å². The van der Waals surface area contributed by atoms with Gasteiger partial charge in [0.1, 0.15) is 6.54 Å². The molecule has 0 heterocycles. The van der Waals surface area contributed by atoms with Gasteiger partial charge in [-0.15, -0.1) is 0 Å². The van der Waals surface area contributed by atoms with Crippen LogP contribution in [0.1, 0.15) is 26.7 Å². The van der Waals surface area contributed by atoms with Crippen molar-refractivity contribution in [1.29, 1.82) is 0 Å². The molecule has 2 N–H and O–H groups in total. The van der Waals surface area contributed by atoms with Crippen LogP contribution in [0, 0.1) is 0 Å². The van der Waals surface area contributed by atoms with E-state index in [9.17, 15) is 13.2 Å². The van der Waals surface area contributed by atoms with E-state index < -0.39 is 10.1 Å². The summed E-state index contributed by atoms with van der Waals surface area (Å²) in [4.78, 5) is 11.4. The topological polar surface area (TPSA) is 83.5 Å². The first-order valence-electron chi connectivity index (χ1n) is 6.59. The molecular weight excluding hydrogens is 280 g/mol. The van der Waals surface area contributed by atoms with Gasteiger partial charge in [-0.2, -0.15) is 8.42 Å². The average Bonchev–Trinajstić information content (AvgIpc) is 2.20. The maximum atomic E-state index is 11.4. The molecule has 0 bridgehead atoms. The smallest absolute Gasteiger partial charge is 0.264 e. The molecule has 0 rings (SSSR count). The molecule has 118 valence electrons. The molecule has 0 aliphatic carbocycles. The highest BCUT2D eigenvalue weighted by molar-refractivity contribution is 7.85. The number of hydrogen-bond acceptors (Lipinski definition) is 3. The molecule has 0 spiro atoms. The second-order valence-corrected chi connectivity index (χ2v) is 7.96. The van der Waals surface area contributed by atoms with E-state index in [1.165, 1.54) is 6.08 Å². The number of nitrogens with zero attached hydrogens (tertiary/aromatic N) is 1. The van der Waals surface area contributed by atoms with E-state index in [-0.39, 0.29) is 17.2 Å². The van der Waals surface area contributed by atoms with Crippen LogP contribution in [0.3, 0.4) is 0 Å². The number of amides is 1. The van der Waals surface area contributed by atoms with Gasteiger partial charge in [-0.25, -0.2) is 0 Å². The summed E-state index contributed by atoms with van der Waals surface area (Å²) < 4.78 is 30.6. The number of likely N-dealkylation sites (N-methyl/N-ethyl adjacent to an activating group) is 1. The third-order valence-corrected chi connectivity index (χ3v) is 3.69. The zero-order valence-corrected chi connectivity index (χ0v) is 13.7. The Morgan fingerprint density at radius 3 is 2.35 bits per heavy atom. The quantitative estimate of drug-likeness (QED) is 0.286. The second kappa shape index (κ2) is 7.19. The molecule has 0 saturated heterocycles.